The van der Waals surface area contributed by atoms with E-state index >= 15 is 0 Å². The van der Waals surface area contributed by atoms with E-state index in [1.54, 1.807) is 91.2 Å². The number of rotatable bonds is 12. The van der Waals surface area contributed by atoms with Crippen molar-refractivity contribution in [2.45, 2.75) is 0 Å². The van der Waals surface area contributed by atoms with E-state index in [1.165, 1.54) is 0 Å². The Bertz CT molecular complexity index is 2460. The number of methoxy groups -OCH3 is 6. The van der Waals surface area contributed by atoms with E-state index in [1.807, 2.05) is 72.8 Å². The molecular weight excluding hydrogens is 712 g/mol. The maximum atomic E-state index is 13.9. The largest absolute Gasteiger partial charge is 0.506 e. The predicted molar refractivity (Wildman–Crippen MR) is 214 cm³/mol. The third-order valence-corrected chi connectivity index (χ3v) is 9.27. The molecule has 1 aliphatic carbocycles. The minimum absolute atomic E-state index is 0.144. The molecule has 4 aromatic carbocycles. The van der Waals surface area contributed by atoms with E-state index in [0.29, 0.717) is 90.9 Å². The van der Waals surface area contributed by atoms with Crippen molar-refractivity contribution in [2.75, 3.05) is 42.7 Å². The summed E-state index contributed by atoms with van der Waals surface area (Å²) < 4.78 is 46.2. The number of aliphatic hydroxyl groups excluding tert-OH is 1. The molecule has 0 atom stereocenters. The maximum absolute atomic E-state index is 13.9. The number of allylic oxidation sites excluding steroid dienone is 6. The lowest BCUT2D eigenvalue weighted by Gasteiger charge is -2.23. The van der Waals surface area contributed by atoms with Gasteiger partial charge >= 0.3 is 11.5 Å². The number of benzene rings is 4. The Kier molecular flexibility index (Phi) is 10.6. The van der Waals surface area contributed by atoms with E-state index in [-0.39, 0.29) is 22.7 Å². The molecule has 0 spiro atoms. The Morgan fingerprint density at radius 1 is 0.571 bits per heavy atom. The summed E-state index contributed by atoms with van der Waals surface area (Å²) in [6.45, 7) is 0. The Morgan fingerprint density at radius 3 is 1.66 bits per heavy atom. The molecule has 7 rings (SSSR count). The highest BCUT2D eigenvalue weighted by Crippen LogP contribution is 2.41. The average Bonchev–Trinajstić information content (AvgIpc) is 3.26. The van der Waals surface area contributed by atoms with Gasteiger partial charge in [0, 0.05) is 17.7 Å². The second-order valence-corrected chi connectivity index (χ2v) is 12.6. The fraction of sp³-hybridized carbons (Fsp3) is 0.130. The van der Waals surface area contributed by atoms with E-state index < -0.39 is 0 Å². The van der Waals surface area contributed by atoms with Crippen LogP contribution in [0.25, 0.3) is 40.2 Å². The molecule has 1 N–H and O–H groups in total. The first-order chi connectivity index (χ1) is 27.2. The quantitative estimate of drug-likeness (QED) is 0.0977. The lowest BCUT2D eigenvalue weighted by Crippen LogP contribution is -2.21. The fourth-order valence-electron chi connectivity index (χ4n) is 6.40. The molecule has 0 radical (unpaired) electrons. The second-order valence-electron chi connectivity index (χ2n) is 12.6. The summed E-state index contributed by atoms with van der Waals surface area (Å²) in [5, 5.41) is 11.4. The summed E-state index contributed by atoms with van der Waals surface area (Å²) in [6, 6.07) is 29.3. The first-order valence-corrected chi connectivity index (χ1v) is 17.5. The van der Waals surface area contributed by atoms with Crippen LogP contribution in [0.2, 0.25) is 0 Å². The first kappa shape index (κ1) is 37.1. The van der Waals surface area contributed by atoms with Crippen LogP contribution in [0.5, 0.6) is 34.5 Å². The van der Waals surface area contributed by atoms with E-state index in [2.05, 4.69) is 0 Å². The van der Waals surface area contributed by atoms with Crippen LogP contribution in [0.1, 0.15) is 16.7 Å². The summed E-state index contributed by atoms with van der Waals surface area (Å²) in [6.07, 6.45) is 6.86. The van der Waals surface area contributed by atoms with E-state index in [9.17, 15) is 9.90 Å². The zero-order valence-corrected chi connectivity index (χ0v) is 31.7. The molecule has 5 aromatic rings. The van der Waals surface area contributed by atoms with Crippen LogP contribution < -0.4 is 28.4 Å². The summed E-state index contributed by atoms with van der Waals surface area (Å²) in [4.78, 5) is 13.9. The third kappa shape index (κ3) is 7.45. The van der Waals surface area contributed by atoms with Gasteiger partial charge in [0.15, 0.2) is 0 Å². The van der Waals surface area contributed by atoms with Crippen molar-refractivity contribution in [1.82, 2.24) is 0 Å². The molecule has 0 amide bonds. The smallest absolute Gasteiger partial charge is 0.365 e. The number of aliphatic hydroxyl groups is 1. The molecule has 0 fully saturated rings. The highest BCUT2D eigenvalue weighted by molar-refractivity contribution is 6.23. The summed E-state index contributed by atoms with van der Waals surface area (Å²) in [5.74, 6) is 4.91. The summed E-state index contributed by atoms with van der Waals surface area (Å²) in [7, 11) is 9.46. The van der Waals surface area contributed by atoms with Gasteiger partial charge in [0.1, 0.15) is 57.3 Å². The lowest BCUT2D eigenvalue weighted by molar-refractivity contribution is -0.113. The number of ether oxygens (including phenoxy) is 7. The normalized spacial score (nSPS) is 15.1. The predicted octanol–water partition coefficient (Wildman–Crippen LogP) is 9.76. The van der Waals surface area contributed by atoms with Crippen LogP contribution in [-0.2, 0) is 9.53 Å². The summed E-state index contributed by atoms with van der Waals surface area (Å²) in [5.41, 5.74) is 4.25. The van der Waals surface area contributed by atoms with Crippen molar-refractivity contribution >= 4 is 23.4 Å². The van der Waals surface area contributed by atoms with Crippen molar-refractivity contribution < 1.29 is 47.5 Å². The number of hydrogen-bond acceptors (Lipinski definition) is 9. The Hall–Kier alpha value is -7.20. The molecule has 2 heterocycles. The monoisotopic (exact) mass is 751 g/mol. The zero-order valence-electron chi connectivity index (χ0n) is 31.7. The van der Waals surface area contributed by atoms with Gasteiger partial charge in [-0.3, -0.25) is 4.79 Å². The van der Waals surface area contributed by atoms with Gasteiger partial charge in [-0.05, 0) is 84.0 Å². The van der Waals surface area contributed by atoms with Crippen molar-refractivity contribution in [3.63, 3.8) is 0 Å². The zero-order chi connectivity index (χ0) is 39.3. The highest BCUT2D eigenvalue weighted by atomic mass is 16.5. The molecule has 1 aromatic heterocycles. The number of para-hydroxylation sites is 2. The molecule has 10 heteroatoms. The van der Waals surface area contributed by atoms with Crippen LogP contribution in [-0.4, -0.2) is 53.5 Å². The molecule has 10 nitrogen and oxygen atoms in total. The first-order valence-electron chi connectivity index (χ1n) is 17.5. The number of carbonyl (C=O) groups excluding carboxylic acids is 1. The van der Waals surface area contributed by atoms with Crippen LogP contribution >= 0.6 is 0 Å². The van der Waals surface area contributed by atoms with Crippen LogP contribution in [0.15, 0.2) is 142 Å². The van der Waals surface area contributed by atoms with Gasteiger partial charge in [0.05, 0.1) is 77.1 Å². The van der Waals surface area contributed by atoms with Crippen LogP contribution in [0.4, 0.5) is 0 Å². The highest BCUT2D eigenvalue weighted by Gasteiger charge is 2.34. The number of carbonyl (C=O) groups is 1. The molecule has 1 aliphatic heterocycles. The Balaban J connectivity index is 1.33. The number of hydrogen-bond donors (Lipinski definition) is 1. The molecule has 282 valence electrons. The fourth-order valence-corrected chi connectivity index (χ4v) is 6.40. The van der Waals surface area contributed by atoms with Gasteiger partial charge in [0.2, 0.25) is 5.78 Å². The molecule has 2 aliphatic rings. The van der Waals surface area contributed by atoms with Gasteiger partial charge in [-0.25, -0.2) is 4.42 Å². The lowest BCUT2D eigenvalue weighted by atomic mass is 9.85. The molecular formula is C46H39O10+. The Morgan fingerprint density at radius 2 is 1.09 bits per heavy atom. The van der Waals surface area contributed by atoms with Crippen LogP contribution in [0.3, 0.4) is 0 Å². The number of Topliss-reactive ketones (excluding diaryl/α,β-unsaturated/α-hetero) is 1. The molecule has 56 heavy (non-hydrogen) atoms. The van der Waals surface area contributed by atoms with Crippen molar-refractivity contribution in [3.8, 4) is 57.1 Å². The SMILES string of the molecule is COc1cc(OC)cc(C2=CC(=CC3=C(O)C(=Cc4cc(-c5cc(OC)cc(OC)c5)[o+]c(-c5ccccc5OC)c4)C3=O)C=C(c3ccccc3OC)O2)c1. The maximum Gasteiger partial charge on any atom is 0.365 e. The second kappa shape index (κ2) is 16.0. The Labute approximate surface area is 324 Å². The third-order valence-electron chi connectivity index (χ3n) is 9.27. The topological polar surface area (TPSA) is 113 Å². The van der Waals surface area contributed by atoms with Gasteiger partial charge in [-0.15, -0.1) is 0 Å². The van der Waals surface area contributed by atoms with Gasteiger partial charge in [0.25, 0.3) is 0 Å². The number of ketones is 1. The standard InChI is InChI=1S/C46H38O10/c1-49-31-21-29(22-32(25-31)50-2)41-17-27(19-43(55-41)35-11-7-9-13-39(35)53-5)15-37-45(47)38(46(37)48)16-28-18-42(30-23-33(51-3)26-34(24-30)52-4)56-44(20-28)36-12-8-10-14-40(36)54-6/h7-26H,1-6H3/p+1. The van der Waals surface area contributed by atoms with Gasteiger partial charge < -0.3 is 38.3 Å². The van der Waals surface area contributed by atoms with Gasteiger partial charge in [-0.2, -0.15) is 0 Å². The van der Waals surface area contributed by atoms with Crippen molar-refractivity contribution in [3.05, 3.63) is 154 Å². The van der Waals surface area contributed by atoms with Crippen molar-refractivity contribution in [2.24, 2.45) is 0 Å². The van der Waals surface area contributed by atoms with Crippen LogP contribution in [0, 0.1) is 0 Å². The molecule has 0 unspecified atom stereocenters. The van der Waals surface area contributed by atoms with E-state index in [0.717, 1.165) is 0 Å². The molecule has 0 saturated heterocycles. The average molecular weight is 752 g/mol. The van der Waals surface area contributed by atoms with Crippen molar-refractivity contribution in [1.29, 1.82) is 0 Å². The minimum atomic E-state index is -0.337. The molecule has 0 bridgehead atoms. The van der Waals surface area contributed by atoms with E-state index in [4.69, 9.17) is 37.6 Å². The minimum Gasteiger partial charge on any atom is -0.506 e. The molecule has 0 saturated carbocycles. The summed E-state index contributed by atoms with van der Waals surface area (Å²) >= 11 is 0. The van der Waals surface area contributed by atoms with Gasteiger partial charge in [-0.1, -0.05) is 24.3 Å².